The van der Waals surface area contributed by atoms with Crippen LogP contribution >= 0.6 is 0 Å². The van der Waals surface area contributed by atoms with Crippen molar-refractivity contribution in [2.45, 2.75) is 51.0 Å². The summed E-state index contributed by atoms with van der Waals surface area (Å²) in [5, 5.41) is 10.0. The normalized spacial score (nSPS) is 35.9. The molecule has 0 heterocycles. The summed E-state index contributed by atoms with van der Waals surface area (Å²) in [6.07, 6.45) is 11.1. The van der Waals surface area contributed by atoms with E-state index >= 15 is 0 Å². The van der Waals surface area contributed by atoms with Crippen molar-refractivity contribution >= 4 is 0 Å². The third kappa shape index (κ3) is 2.25. The van der Waals surface area contributed by atoms with Crippen LogP contribution in [-0.2, 0) is 0 Å². The Hall–Kier alpha value is -0.480. The molecule has 0 aromatic rings. The number of rotatable bonds is 2. The van der Waals surface area contributed by atoms with E-state index in [2.05, 4.69) is 12.8 Å². The van der Waals surface area contributed by atoms with Gasteiger partial charge in [-0.2, -0.15) is 0 Å². The SMILES string of the molecule is C#CCC1(O)CCCC(CC)C1. The zero-order valence-corrected chi connectivity index (χ0v) is 7.84. The minimum absolute atomic E-state index is 0.531. The second-order valence-electron chi connectivity index (χ2n) is 3.98. The Morgan fingerprint density at radius 2 is 2.42 bits per heavy atom. The molecule has 1 aliphatic rings. The number of aliphatic hydroxyl groups is 1. The Balaban J connectivity index is 2.49. The van der Waals surface area contributed by atoms with Gasteiger partial charge in [-0.1, -0.05) is 26.2 Å². The maximum Gasteiger partial charge on any atom is 0.0759 e. The molecule has 1 N–H and O–H groups in total. The molecule has 1 heteroatoms. The molecule has 0 aromatic heterocycles. The zero-order valence-electron chi connectivity index (χ0n) is 7.84. The van der Waals surface area contributed by atoms with E-state index in [1.54, 1.807) is 0 Å². The van der Waals surface area contributed by atoms with Crippen LogP contribution in [-0.4, -0.2) is 10.7 Å². The number of hydrogen-bond acceptors (Lipinski definition) is 1. The second-order valence-corrected chi connectivity index (χ2v) is 3.98. The van der Waals surface area contributed by atoms with E-state index in [1.165, 1.54) is 12.8 Å². The molecule has 12 heavy (non-hydrogen) atoms. The van der Waals surface area contributed by atoms with Gasteiger partial charge in [-0.25, -0.2) is 0 Å². The van der Waals surface area contributed by atoms with E-state index in [0.717, 1.165) is 19.3 Å². The molecular formula is C11H18O. The van der Waals surface area contributed by atoms with Crippen LogP contribution in [0.3, 0.4) is 0 Å². The average molecular weight is 166 g/mol. The lowest BCUT2D eigenvalue weighted by molar-refractivity contribution is -0.0120. The molecule has 1 rings (SSSR count). The highest BCUT2D eigenvalue weighted by Gasteiger charge is 2.32. The maximum atomic E-state index is 10.0. The molecule has 68 valence electrons. The van der Waals surface area contributed by atoms with Gasteiger partial charge in [0, 0.05) is 6.42 Å². The van der Waals surface area contributed by atoms with Crippen LogP contribution in [0.15, 0.2) is 0 Å². The van der Waals surface area contributed by atoms with Crippen LogP contribution < -0.4 is 0 Å². The predicted molar refractivity (Wildman–Crippen MR) is 50.6 cm³/mol. The zero-order chi connectivity index (χ0) is 9.03. The van der Waals surface area contributed by atoms with Crippen LogP contribution in [0.4, 0.5) is 0 Å². The Bertz CT molecular complexity index is 180. The molecular weight excluding hydrogens is 148 g/mol. The summed E-state index contributed by atoms with van der Waals surface area (Å²) in [7, 11) is 0. The van der Waals surface area contributed by atoms with Gasteiger partial charge in [0.25, 0.3) is 0 Å². The van der Waals surface area contributed by atoms with Gasteiger partial charge in [0.1, 0.15) is 0 Å². The van der Waals surface area contributed by atoms with Crippen LogP contribution in [0, 0.1) is 18.3 Å². The van der Waals surface area contributed by atoms with Gasteiger partial charge in [-0.15, -0.1) is 12.3 Å². The smallest absolute Gasteiger partial charge is 0.0759 e. The fourth-order valence-corrected chi connectivity index (χ4v) is 2.16. The topological polar surface area (TPSA) is 20.2 Å². The van der Waals surface area contributed by atoms with Gasteiger partial charge in [0.05, 0.1) is 5.60 Å². The third-order valence-electron chi connectivity index (χ3n) is 2.93. The van der Waals surface area contributed by atoms with Crippen molar-refractivity contribution in [3.8, 4) is 12.3 Å². The maximum absolute atomic E-state index is 10.0. The van der Waals surface area contributed by atoms with Crippen LogP contribution in [0.25, 0.3) is 0 Å². The molecule has 0 spiro atoms. The lowest BCUT2D eigenvalue weighted by Crippen LogP contribution is -2.34. The lowest BCUT2D eigenvalue weighted by atomic mass is 9.76. The van der Waals surface area contributed by atoms with Crippen LogP contribution in [0.1, 0.15) is 45.4 Å². The first-order valence-corrected chi connectivity index (χ1v) is 4.86. The molecule has 0 radical (unpaired) electrons. The van der Waals surface area contributed by atoms with Crippen LogP contribution in [0.2, 0.25) is 0 Å². The molecule has 1 saturated carbocycles. The van der Waals surface area contributed by atoms with Crippen molar-refractivity contribution in [3.63, 3.8) is 0 Å². The molecule has 0 amide bonds. The standard InChI is InChI=1S/C11H18O/c1-3-7-11(12)8-5-6-10(4-2)9-11/h1,10,12H,4-9H2,2H3. The first kappa shape index (κ1) is 9.61. The van der Waals surface area contributed by atoms with Crippen molar-refractivity contribution in [3.05, 3.63) is 0 Å². The van der Waals surface area contributed by atoms with E-state index in [9.17, 15) is 5.11 Å². The highest BCUT2D eigenvalue weighted by molar-refractivity contribution is 4.97. The van der Waals surface area contributed by atoms with Gasteiger partial charge in [0.2, 0.25) is 0 Å². The lowest BCUT2D eigenvalue weighted by Gasteiger charge is -2.35. The molecule has 2 unspecified atom stereocenters. The van der Waals surface area contributed by atoms with Gasteiger partial charge in [0.15, 0.2) is 0 Å². The Morgan fingerprint density at radius 3 is 3.00 bits per heavy atom. The van der Waals surface area contributed by atoms with E-state index in [0.29, 0.717) is 12.3 Å². The summed E-state index contributed by atoms with van der Waals surface area (Å²) in [6.45, 7) is 2.19. The summed E-state index contributed by atoms with van der Waals surface area (Å²) >= 11 is 0. The Kier molecular flexibility index (Phi) is 3.17. The molecule has 0 saturated heterocycles. The predicted octanol–water partition coefficient (Wildman–Crippen LogP) is 2.34. The molecule has 0 aliphatic heterocycles. The number of hydrogen-bond donors (Lipinski definition) is 1. The fraction of sp³-hybridized carbons (Fsp3) is 0.818. The highest BCUT2D eigenvalue weighted by Crippen LogP contribution is 2.35. The van der Waals surface area contributed by atoms with Crippen molar-refractivity contribution in [1.82, 2.24) is 0 Å². The quantitative estimate of drug-likeness (QED) is 0.624. The Labute approximate surface area is 75.2 Å². The molecule has 2 atom stereocenters. The van der Waals surface area contributed by atoms with E-state index in [-0.39, 0.29) is 0 Å². The van der Waals surface area contributed by atoms with E-state index < -0.39 is 5.60 Å². The minimum atomic E-state index is -0.534. The third-order valence-corrected chi connectivity index (χ3v) is 2.93. The largest absolute Gasteiger partial charge is 0.389 e. The summed E-state index contributed by atoms with van der Waals surface area (Å²) in [6, 6.07) is 0. The van der Waals surface area contributed by atoms with Crippen molar-refractivity contribution in [2.75, 3.05) is 0 Å². The Morgan fingerprint density at radius 1 is 1.67 bits per heavy atom. The first-order valence-electron chi connectivity index (χ1n) is 4.86. The van der Waals surface area contributed by atoms with Crippen molar-refractivity contribution in [1.29, 1.82) is 0 Å². The highest BCUT2D eigenvalue weighted by atomic mass is 16.3. The van der Waals surface area contributed by atoms with Crippen molar-refractivity contribution < 1.29 is 5.11 Å². The molecule has 0 aromatic carbocycles. The first-order chi connectivity index (χ1) is 5.70. The summed E-state index contributed by atoms with van der Waals surface area (Å²) < 4.78 is 0. The summed E-state index contributed by atoms with van der Waals surface area (Å²) in [4.78, 5) is 0. The van der Waals surface area contributed by atoms with Crippen molar-refractivity contribution in [2.24, 2.45) is 5.92 Å². The monoisotopic (exact) mass is 166 g/mol. The molecule has 1 fully saturated rings. The molecule has 1 nitrogen and oxygen atoms in total. The summed E-state index contributed by atoms with van der Waals surface area (Å²) in [5.74, 6) is 3.26. The minimum Gasteiger partial charge on any atom is -0.389 e. The van der Waals surface area contributed by atoms with Crippen LogP contribution in [0.5, 0.6) is 0 Å². The van der Waals surface area contributed by atoms with E-state index in [4.69, 9.17) is 6.42 Å². The van der Waals surface area contributed by atoms with Gasteiger partial charge in [-0.3, -0.25) is 0 Å². The fourth-order valence-electron chi connectivity index (χ4n) is 2.16. The average Bonchev–Trinajstić information content (AvgIpc) is 2.04. The van der Waals surface area contributed by atoms with Gasteiger partial charge in [-0.05, 0) is 18.8 Å². The number of terminal acetylenes is 1. The second kappa shape index (κ2) is 3.96. The van der Waals surface area contributed by atoms with E-state index in [1.807, 2.05) is 0 Å². The molecule has 1 aliphatic carbocycles. The van der Waals surface area contributed by atoms with Gasteiger partial charge >= 0.3 is 0 Å². The summed E-state index contributed by atoms with van der Waals surface area (Å²) in [5.41, 5.74) is -0.534. The van der Waals surface area contributed by atoms with Gasteiger partial charge < -0.3 is 5.11 Å². The molecule has 0 bridgehead atoms.